The van der Waals surface area contributed by atoms with E-state index in [1.165, 1.54) is 24.3 Å². The molecule has 1 amide bonds. The van der Waals surface area contributed by atoms with Gasteiger partial charge in [0.15, 0.2) is 12.2 Å². The lowest BCUT2D eigenvalue weighted by atomic mass is 10.2. The van der Waals surface area contributed by atoms with Gasteiger partial charge in [-0.3, -0.25) is 14.9 Å². The summed E-state index contributed by atoms with van der Waals surface area (Å²) >= 11 is 5.90. The van der Waals surface area contributed by atoms with Crippen LogP contribution in [-0.2, 0) is 4.79 Å². The molecule has 4 rings (SSSR count). The lowest BCUT2D eigenvalue weighted by Crippen LogP contribution is -2.20. The number of oxazole rings is 1. The molecule has 1 aromatic heterocycles. The molecule has 0 aliphatic carbocycles. The number of nitro benzene ring substituents is 1. The minimum atomic E-state index is -0.505. The van der Waals surface area contributed by atoms with Crippen LogP contribution in [0.15, 0.2) is 71.1 Å². The number of halogens is 1. The predicted octanol–water partition coefficient (Wildman–Crippen LogP) is 5.07. The van der Waals surface area contributed by atoms with E-state index in [0.29, 0.717) is 33.4 Å². The van der Waals surface area contributed by atoms with Crippen LogP contribution in [0.4, 0.5) is 11.4 Å². The van der Waals surface area contributed by atoms with Crippen molar-refractivity contribution in [3.8, 4) is 17.2 Å². The maximum atomic E-state index is 12.2. The molecule has 0 fully saturated rings. The van der Waals surface area contributed by atoms with E-state index in [4.69, 9.17) is 20.8 Å². The molecule has 0 aliphatic rings. The molecule has 0 spiro atoms. The number of anilines is 1. The Kier molecular flexibility index (Phi) is 5.32. The molecule has 0 radical (unpaired) electrons. The van der Waals surface area contributed by atoms with Crippen molar-refractivity contribution in [1.29, 1.82) is 0 Å². The SMILES string of the molecule is O=C(COc1ccc([N+](=O)[O-])cc1)Nc1ccc2oc(-c3ccc(Cl)cc3)nc2c1. The first kappa shape index (κ1) is 19.4. The van der Waals surface area contributed by atoms with E-state index in [1.807, 2.05) is 12.1 Å². The summed E-state index contributed by atoms with van der Waals surface area (Å²) in [6.07, 6.45) is 0. The van der Waals surface area contributed by atoms with Gasteiger partial charge in [0, 0.05) is 28.4 Å². The number of carbonyl (C=O) groups excluding carboxylic acids is 1. The van der Waals surface area contributed by atoms with Gasteiger partial charge in [-0.15, -0.1) is 0 Å². The molecule has 0 aliphatic heterocycles. The van der Waals surface area contributed by atoms with Crippen molar-refractivity contribution >= 4 is 40.0 Å². The van der Waals surface area contributed by atoms with Gasteiger partial charge in [-0.2, -0.15) is 0 Å². The van der Waals surface area contributed by atoms with Crippen LogP contribution in [0.2, 0.25) is 5.02 Å². The van der Waals surface area contributed by atoms with Crippen molar-refractivity contribution in [2.45, 2.75) is 0 Å². The topological polar surface area (TPSA) is 108 Å². The first-order valence-corrected chi connectivity index (χ1v) is 9.19. The molecule has 0 atom stereocenters. The van der Waals surface area contributed by atoms with Gasteiger partial charge in [0.1, 0.15) is 11.3 Å². The Balaban J connectivity index is 1.41. The number of nitro groups is 1. The minimum absolute atomic E-state index is 0.0503. The van der Waals surface area contributed by atoms with E-state index >= 15 is 0 Å². The van der Waals surface area contributed by atoms with Crippen molar-refractivity contribution in [1.82, 2.24) is 4.98 Å². The molecule has 1 heterocycles. The second-order valence-corrected chi connectivity index (χ2v) is 6.73. The number of rotatable bonds is 6. The maximum Gasteiger partial charge on any atom is 0.269 e. The molecule has 0 saturated heterocycles. The third-order valence-corrected chi connectivity index (χ3v) is 4.43. The van der Waals surface area contributed by atoms with Crippen molar-refractivity contribution in [2.75, 3.05) is 11.9 Å². The van der Waals surface area contributed by atoms with Gasteiger partial charge in [0.25, 0.3) is 11.6 Å². The number of aromatic nitrogens is 1. The number of hydrogen-bond acceptors (Lipinski definition) is 6. The minimum Gasteiger partial charge on any atom is -0.484 e. The first-order valence-electron chi connectivity index (χ1n) is 8.81. The highest BCUT2D eigenvalue weighted by Crippen LogP contribution is 2.27. The van der Waals surface area contributed by atoms with Crippen LogP contribution in [0.1, 0.15) is 0 Å². The Morgan fingerprint density at radius 2 is 1.83 bits per heavy atom. The Morgan fingerprint density at radius 1 is 1.10 bits per heavy atom. The summed E-state index contributed by atoms with van der Waals surface area (Å²) in [5.41, 5.74) is 2.45. The van der Waals surface area contributed by atoms with Gasteiger partial charge in [-0.25, -0.2) is 4.98 Å². The average Bonchev–Trinajstić information content (AvgIpc) is 3.16. The molecule has 0 saturated carbocycles. The number of benzene rings is 3. The van der Waals surface area contributed by atoms with E-state index in [0.717, 1.165) is 5.56 Å². The Morgan fingerprint density at radius 3 is 2.53 bits per heavy atom. The number of non-ortho nitro benzene ring substituents is 1. The monoisotopic (exact) mass is 423 g/mol. The molecule has 0 bridgehead atoms. The fraction of sp³-hybridized carbons (Fsp3) is 0.0476. The molecule has 3 aromatic carbocycles. The highest BCUT2D eigenvalue weighted by Gasteiger charge is 2.11. The van der Waals surface area contributed by atoms with E-state index in [2.05, 4.69) is 10.3 Å². The van der Waals surface area contributed by atoms with Crippen molar-refractivity contribution in [2.24, 2.45) is 0 Å². The van der Waals surface area contributed by atoms with Crippen LogP contribution < -0.4 is 10.1 Å². The molecule has 4 aromatic rings. The van der Waals surface area contributed by atoms with Gasteiger partial charge >= 0.3 is 0 Å². The second kappa shape index (κ2) is 8.22. The third kappa shape index (κ3) is 4.39. The molecule has 150 valence electrons. The smallest absolute Gasteiger partial charge is 0.269 e. The summed E-state index contributed by atoms with van der Waals surface area (Å²) in [5.74, 6) is 0.427. The lowest BCUT2D eigenvalue weighted by Gasteiger charge is -2.07. The number of hydrogen-bond donors (Lipinski definition) is 1. The second-order valence-electron chi connectivity index (χ2n) is 6.30. The van der Waals surface area contributed by atoms with E-state index in [1.54, 1.807) is 30.3 Å². The summed E-state index contributed by atoms with van der Waals surface area (Å²) in [6.45, 7) is -0.245. The molecule has 30 heavy (non-hydrogen) atoms. The number of amides is 1. The van der Waals surface area contributed by atoms with Crippen molar-refractivity contribution < 1.29 is 18.9 Å². The lowest BCUT2D eigenvalue weighted by molar-refractivity contribution is -0.384. The zero-order valence-electron chi connectivity index (χ0n) is 15.4. The average molecular weight is 424 g/mol. The zero-order chi connectivity index (χ0) is 21.1. The number of fused-ring (bicyclic) bond motifs is 1. The van der Waals surface area contributed by atoms with Gasteiger partial charge in [-0.05, 0) is 54.6 Å². The Bertz CT molecular complexity index is 1220. The summed E-state index contributed by atoms with van der Waals surface area (Å²) < 4.78 is 11.1. The van der Waals surface area contributed by atoms with Crippen LogP contribution in [0, 0.1) is 10.1 Å². The maximum absolute atomic E-state index is 12.2. The normalized spacial score (nSPS) is 10.7. The first-order chi connectivity index (χ1) is 14.5. The molecule has 8 nitrogen and oxygen atoms in total. The Hall–Kier alpha value is -3.91. The van der Waals surface area contributed by atoms with Crippen LogP contribution >= 0.6 is 11.6 Å². The van der Waals surface area contributed by atoms with Crippen molar-refractivity contribution in [3.05, 3.63) is 81.9 Å². The highest BCUT2D eigenvalue weighted by molar-refractivity contribution is 6.30. The number of ether oxygens (including phenoxy) is 1. The summed E-state index contributed by atoms with van der Waals surface area (Å²) in [7, 11) is 0. The van der Waals surface area contributed by atoms with Crippen molar-refractivity contribution in [3.63, 3.8) is 0 Å². The third-order valence-electron chi connectivity index (χ3n) is 4.18. The molecule has 1 N–H and O–H groups in total. The Labute approximate surface area is 175 Å². The van der Waals surface area contributed by atoms with Crippen LogP contribution in [0.25, 0.3) is 22.6 Å². The largest absolute Gasteiger partial charge is 0.484 e. The number of carbonyl (C=O) groups is 1. The standard InChI is InChI=1S/C21H14ClN3O5/c22-14-3-1-13(2-4-14)21-24-18-11-15(5-10-19(18)30-21)23-20(26)12-29-17-8-6-16(7-9-17)25(27)28/h1-11H,12H2,(H,23,26). The van der Waals surface area contributed by atoms with Crippen LogP contribution in [-0.4, -0.2) is 22.4 Å². The van der Waals surface area contributed by atoms with E-state index in [9.17, 15) is 14.9 Å². The molecule has 9 heteroatoms. The van der Waals surface area contributed by atoms with E-state index in [-0.39, 0.29) is 18.2 Å². The molecular weight excluding hydrogens is 410 g/mol. The fourth-order valence-electron chi connectivity index (χ4n) is 2.73. The summed E-state index contributed by atoms with van der Waals surface area (Å²) in [6, 6.07) is 17.7. The van der Waals surface area contributed by atoms with E-state index < -0.39 is 4.92 Å². The van der Waals surface area contributed by atoms with Gasteiger partial charge in [0.2, 0.25) is 5.89 Å². The highest BCUT2D eigenvalue weighted by atomic mass is 35.5. The fourth-order valence-corrected chi connectivity index (χ4v) is 2.86. The zero-order valence-corrected chi connectivity index (χ0v) is 16.1. The van der Waals surface area contributed by atoms with Crippen LogP contribution in [0.5, 0.6) is 5.75 Å². The summed E-state index contributed by atoms with van der Waals surface area (Å²) in [4.78, 5) is 26.8. The number of nitrogens with one attached hydrogen (secondary N) is 1. The number of nitrogens with zero attached hydrogens (tertiary/aromatic N) is 2. The quantitative estimate of drug-likeness (QED) is 0.342. The van der Waals surface area contributed by atoms with Gasteiger partial charge < -0.3 is 14.5 Å². The van der Waals surface area contributed by atoms with Gasteiger partial charge in [0.05, 0.1) is 4.92 Å². The van der Waals surface area contributed by atoms with Crippen LogP contribution in [0.3, 0.4) is 0 Å². The molecular formula is C21H14ClN3O5. The molecule has 0 unspecified atom stereocenters. The van der Waals surface area contributed by atoms with Gasteiger partial charge in [-0.1, -0.05) is 11.6 Å². The summed E-state index contributed by atoms with van der Waals surface area (Å²) in [5, 5.41) is 14.0. The predicted molar refractivity (Wildman–Crippen MR) is 112 cm³/mol.